The molecule has 0 unspecified atom stereocenters. The SMILES string of the molecule is COc1nc(-c2cccc(-c3cccc(-c4ccn5c(=O)c(CN[C@H]6CCOC[C@H]6O)cnc5c4)c3Cl)c2Cl)ccc1CNC[C@H]1CCC(=O)N1. The molecule has 0 bridgehead atoms. The van der Waals surface area contributed by atoms with Crippen LogP contribution in [0.15, 0.2) is 77.9 Å². The first-order valence-corrected chi connectivity index (χ1v) is 17.7. The minimum atomic E-state index is -0.616. The van der Waals surface area contributed by atoms with E-state index >= 15 is 0 Å². The van der Waals surface area contributed by atoms with E-state index < -0.39 is 6.10 Å². The lowest BCUT2D eigenvalue weighted by atomic mass is 9.97. The van der Waals surface area contributed by atoms with Crippen molar-refractivity contribution in [1.82, 2.24) is 30.3 Å². The van der Waals surface area contributed by atoms with E-state index in [4.69, 9.17) is 37.7 Å². The molecule has 5 aromatic rings. The lowest BCUT2D eigenvalue weighted by molar-refractivity contribution is -0.119. The van der Waals surface area contributed by atoms with Crippen LogP contribution < -0.4 is 26.2 Å². The second kappa shape index (κ2) is 15.5. The van der Waals surface area contributed by atoms with E-state index in [9.17, 15) is 14.7 Å². The summed E-state index contributed by atoms with van der Waals surface area (Å²) in [6.45, 7) is 2.34. The van der Waals surface area contributed by atoms with Crippen molar-refractivity contribution in [3.8, 4) is 39.4 Å². The van der Waals surface area contributed by atoms with E-state index in [1.54, 1.807) is 19.5 Å². The fourth-order valence-electron chi connectivity index (χ4n) is 6.65. The zero-order valence-corrected chi connectivity index (χ0v) is 29.5. The summed E-state index contributed by atoms with van der Waals surface area (Å²) in [5.74, 6) is 0.580. The number of carbonyl (C=O) groups is 1. The Labute approximate surface area is 305 Å². The van der Waals surface area contributed by atoms with E-state index in [0.717, 1.165) is 39.8 Å². The lowest BCUT2D eigenvalue weighted by Crippen LogP contribution is -2.46. The Kier molecular flexibility index (Phi) is 10.6. The van der Waals surface area contributed by atoms with Gasteiger partial charge in [-0.05, 0) is 36.6 Å². The zero-order valence-electron chi connectivity index (χ0n) is 28.0. The molecule has 0 radical (unpaired) electrons. The molecule has 2 aromatic carbocycles. The summed E-state index contributed by atoms with van der Waals surface area (Å²) >= 11 is 14.2. The summed E-state index contributed by atoms with van der Waals surface area (Å²) < 4.78 is 12.5. The van der Waals surface area contributed by atoms with Gasteiger partial charge >= 0.3 is 0 Å². The first-order valence-electron chi connectivity index (χ1n) is 16.9. The van der Waals surface area contributed by atoms with Crippen LogP contribution in [0, 0.1) is 0 Å². The maximum absolute atomic E-state index is 13.3. The third-order valence-corrected chi connectivity index (χ3v) is 10.3. The van der Waals surface area contributed by atoms with Crippen LogP contribution in [0.1, 0.15) is 30.4 Å². The molecular formula is C38H38Cl2N6O5. The quantitative estimate of drug-likeness (QED) is 0.148. The summed E-state index contributed by atoms with van der Waals surface area (Å²) in [5.41, 5.74) is 6.13. The van der Waals surface area contributed by atoms with Crippen LogP contribution in [-0.4, -0.2) is 70.4 Å². The Morgan fingerprint density at radius 1 is 0.980 bits per heavy atom. The van der Waals surface area contributed by atoms with Crippen LogP contribution in [0.25, 0.3) is 39.2 Å². The number of methoxy groups -OCH3 is 1. The number of ether oxygens (including phenoxy) is 2. The van der Waals surface area contributed by atoms with Crippen molar-refractivity contribution in [2.75, 3.05) is 26.9 Å². The molecule has 0 saturated carbocycles. The highest BCUT2D eigenvalue weighted by Crippen LogP contribution is 2.42. The van der Waals surface area contributed by atoms with Crippen LogP contribution in [0.4, 0.5) is 0 Å². The molecule has 3 atom stereocenters. The largest absolute Gasteiger partial charge is 0.481 e. The van der Waals surface area contributed by atoms with Gasteiger partial charge in [-0.3, -0.25) is 14.0 Å². The number of aliphatic hydroxyl groups excluding tert-OH is 1. The zero-order chi connectivity index (χ0) is 35.5. The number of amides is 1. The van der Waals surface area contributed by atoms with Gasteiger partial charge < -0.3 is 30.5 Å². The summed E-state index contributed by atoms with van der Waals surface area (Å²) in [6, 6.07) is 19.1. The van der Waals surface area contributed by atoms with E-state index in [1.165, 1.54) is 4.40 Å². The third kappa shape index (κ3) is 7.50. The molecule has 11 nitrogen and oxygen atoms in total. The fraction of sp³-hybridized carbons (Fsp3) is 0.316. The van der Waals surface area contributed by atoms with Gasteiger partial charge in [-0.1, -0.05) is 65.7 Å². The molecule has 2 saturated heterocycles. The number of hydrogen-bond donors (Lipinski definition) is 4. The molecule has 13 heteroatoms. The fourth-order valence-corrected chi connectivity index (χ4v) is 7.31. The number of carbonyl (C=O) groups excluding carboxylic acids is 1. The summed E-state index contributed by atoms with van der Waals surface area (Å²) in [6.07, 6.45) is 4.72. The summed E-state index contributed by atoms with van der Waals surface area (Å²) in [7, 11) is 1.59. The molecule has 2 fully saturated rings. The summed E-state index contributed by atoms with van der Waals surface area (Å²) in [5, 5.41) is 20.8. The van der Waals surface area contributed by atoms with Gasteiger partial charge in [0.25, 0.3) is 5.56 Å². The van der Waals surface area contributed by atoms with Crippen LogP contribution in [0.2, 0.25) is 10.0 Å². The smallest absolute Gasteiger partial charge is 0.262 e. The number of rotatable bonds is 11. The molecule has 264 valence electrons. The molecule has 51 heavy (non-hydrogen) atoms. The molecule has 5 heterocycles. The predicted molar refractivity (Wildman–Crippen MR) is 197 cm³/mol. The normalized spacial score (nSPS) is 19.0. The van der Waals surface area contributed by atoms with Gasteiger partial charge in [0.05, 0.1) is 41.1 Å². The van der Waals surface area contributed by atoms with Crippen molar-refractivity contribution in [3.05, 3.63) is 105 Å². The second-order valence-corrected chi connectivity index (χ2v) is 13.5. The topological polar surface area (TPSA) is 139 Å². The molecule has 2 aliphatic heterocycles. The Morgan fingerprint density at radius 2 is 1.75 bits per heavy atom. The van der Waals surface area contributed by atoms with Gasteiger partial charge in [-0.2, -0.15) is 0 Å². The predicted octanol–water partition coefficient (Wildman–Crippen LogP) is 5.01. The van der Waals surface area contributed by atoms with Gasteiger partial charge in [0.1, 0.15) is 5.65 Å². The average Bonchev–Trinajstić information content (AvgIpc) is 3.57. The highest BCUT2D eigenvalue weighted by Gasteiger charge is 2.24. The van der Waals surface area contributed by atoms with Crippen LogP contribution in [0.3, 0.4) is 0 Å². The number of aromatic nitrogens is 3. The number of nitrogens with zero attached hydrogens (tertiary/aromatic N) is 3. The summed E-state index contributed by atoms with van der Waals surface area (Å²) in [4.78, 5) is 34.2. The number of pyridine rings is 2. The van der Waals surface area contributed by atoms with E-state index in [1.807, 2.05) is 60.7 Å². The maximum Gasteiger partial charge on any atom is 0.262 e. The standard InChI is InChI=1S/C38H38Cl2N6O5/c1-50-37-23(17-41-20-25-9-11-34(48)44-25)8-10-30(45-37)29-7-3-6-28(36(29)40)27-5-2-4-26(35(27)39)22-12-14-46-33(16-22)43-19-24(38(46)49)18-42-31-13-15-51-21-32(31)47/h2-8,10,12,14,16,19,25,31-32,41-42,47H,9,11,13,15,17-18,20-21H2,1H3,(H,44,48)/t25-,31+,32-/m1/s1. The van der Waals surface area contributed by atoms with Crippen molar-refractivity contribution in [1.29, 1.82) is 0 Å². The highest BCUT2D eigenvalue weighted by atomic mass is 35.5. The van der Waals surface area contributed by atoms with Crippen LogP contribution >= 0.6 is 23.2 Å². The molecule has 3 aromatic heterocycles. The molecular weight excluding hydrogens is 691 g/mol. The molecule has 7 rings (SSSR count). The van der Waals surface area contributed by atoms with Gasteiger partial charge in [0, 0.05) is 85.0 Å². The van der Waals surface area contributed by atoms with Crippen molar-refractivity contribution in [3.63, 3.8) is 0 Å². The first kappa shape index (κ1) is 35.1. The van der Waals surface area contributed by atoms with Crippen molar-refractivity contribution in [2.24, 2.45) is 0 Å². The number of aliphatic hydroxyl groups is 1. The first-order chi connectivity index (χ1) is 24.8. The number of hydrogen-bond acceptors (Lipinski definition) is 9. The van der Waals surface area contributed by atoms with Gasteiger partial charge in [0.2, 0.25) is 11.8 Å². The van der Waals surface area contributed by atoms with Crippen molar-refractivity contribution < 1.29 is 19.4 Å². The van der Waals surface area contributed by atoms with Crippen molar-refractivity contribution in [2.45, 2.75) is 50.5 Å². The molecule has 4 N–H and O–H groups in total. The Morgan fingerprint density at radius 3 is 2.49 bits per heavy atom. The van der Waals surface area contributed by atoms with E-state index in [0.29, 0.717) is 65.4 Å². The van der Waals surface area contributed by atoms with E-state index in [-0.39, 0.29) is 36.7 Å². The molecule has 2 aliphatic rings. The minimum Gasteiger partial charge on any atom is -0.481 e. The number of halogens is 2. The lowest BCUT2D eigenvalue weighted by Gasteiger charge is -2.28. The van der Waals surface area contributed by atoms with Gasteiger partial charge in [-0.25, -0.2) is 9.97 Å². The third-order valence-electron chi connectivity index (χ3n) is 9.46. The molecule has 0 spiro atoms. The van der Waals surface area contributed by atoms with Crippen LogP contribution in [0.5, 0.6) is 5.88 Å². The molecule has 0 aliphatic carbocycles. The minimum absolute atomic E-state index is 0.0916. The number of benzene rings is 2. The average molecular weight is 730 g/mol. The Bertz CT molecular complexity index is 2140. The monoisotopic (exact) mass is 728 g/mol. The Balaban J connectivity index is 1.12. The Hall–Kier alpha value is -4.36. The van der Waals surface area contributed by atoms with Gasteiger partial charge in [-0.15, -0.1) is 0 Å². The van der Waals surface area contributed by atoms with Crippen molar-refractivity contribution >= 4 is 34.8 Å². The number of fused-ring (bicyclic) bond motifs is 1. The van der Waals surface area contributed by atoms with Gasteiger partial charge in [0.15, 0.2) is 0 Å². The second-order valence-electron chi connectivity index (χ2n) is 12.8. The number of nitrogens with one attached hydrogen (secondary N) is 3. The van der Waals surface area contributed by atoms with E-state index in [2.05, 4.69) is 20.9 Å². The highest BCUT2D eigenvalue weighted by molar-refractivity contribution is 6.39. The molecule has 1 amide bonds. The van der Waals surface area contributed by atoms with Crippen LogP contribution in [-0.2, 0) is 22.6 Å². The maximum atomic E-state index is 13.3.